The summed E-state index contributed by atoms with van der Waals surface area (Å²) >= 11 is 0. The fourth-order valence-corrected chi connectivity index (χ4v) is 6.84. The van der Waals surface area contributed by atoms with E-state index in [0.717, 1.165) is 0 Å². The molecular formula is C11H16N5O11P3. The average molecular weight is 487 g/mol. The van der Waals surface area contributed by atoms with Crippen molar-refractivity contribution in [2.24, 2.45) is 5.92 Å². The molecule has 0 saturated carbocycles. The van der Waals surface area contributed by atoms with Crippen LogP contribution in [0.5, 0.6) is 0 Å². The molecule has 30 heavy (non-hydrogen) atoms. The average Bonchev–Trinajstić information content (AvgIpc) is 3.15. The van der Waals surface area contributed by atoms with Crippen LogP contribution in [-0.4, -0.2) is 50.2 Å². The molecular weight excluding hydrogens is 471 g/mol. The molecule has 0 amide bonds. The van der Waals surface area contributed by atoms with Gasteiger partial charge in [-0.3, -0.25) is 9.36 Å². The van der Waals surface area contributed by atoms with Gasteiger partial charge in [0.05, 0.1) is 18.5 Å². The summed E-state index contributed by atoms with van der Waals surface area (Å²) in [5.74, 6) is -1.13. The molecule has 2 aromatic rings. The lowest BCUT2D eigenvalue weighted by Crippen LogP contribution is -2.23. The highest BCUT2D eigenvalue weighted by molar-refractivity contribution is 7.68. The molecule has 2 aromatic heterocycles. The van der Waals surface area contributed by atoms with Gasteiger partial charge >= 0.3 is 28.8 Å². The molecule has 4 atom stereocenters. The van der Waals surface area contributed by atoms with E-state index in [-0.39, 0.29) is 22.3 Å². The number of nitrogen functional groups attached to an aromatic ring is 1. The van der Waals surface area contributed by atoms with Gasteiger partial charge in [-0.2, -0.15) is 9.29 Å². The Morgan fingerprint density at radius 2 is 1.83 bits per heavy atom. The summed E-state index contributed by atoms with van der Waals surface area (Å²) in [5, 5.41) is 9.49. The minimum absolute atomic E-state index is 0.0661. The molecule has 16 nitrogen and oxygen atoms in total. The molecule has 0 bridgehead atoms. The molecule has 3 rings (SSSR count). The Hall–Kier alpha value is -1.86. The largest absolute Gasteiger partial charge is 0.488 e. The van der Waals surface area contributed by atoms with E-state index in [1.54, 1.807) is 6.08 Å². The molecule has 19 heteroatoms. The van der Waals surface area contributed by atoms with Crippen LogP contribution in [0.4, 0.5) is 5.95 Å². The van der Waals surface area contributed by atoms with Crippen LogP contribution < -0.4 is 11.3 Å². The summed E-state index contributed by atoms with van der Waals surface area (Å²) in [6, 6.07) is -0.492. The molecule has 1 aliphatic rings. The van der Waals surface area contributed by atoms with Crippen LogP contribution in [0, 0.1) is 5.92 Å². The number of allylic oxidation sites excluding steroid dienone is 2. The van der Waals surface area contributed by atoms with E-state index >= 15 is 0 Å². The Balaban J connectivity index is 1.74. The van der Waals surface area contributed by atoms with Crippen molar-refractivity contribution in [3.05, 3.63) is 28.8 Å². The zero-order valence-electron chi connectivity index (χ0n) is 14.7. The molecule has 0 radical (unpaired) electrons. The summed E-state index contributed by atoms with van der Waals surface area (Å²) in [5.41, 5.74) is 4.49. The number of hydrogen-bond donors (Lipinski definition) is 6. The SMILES string of the molecule is Nc1nc2c(ncn2[C@@H]2C=C[C@H](CP(=O)(O)OP(=O)(O)OP(=O)(O)O)C2)c(=O)n1O. The molecule has 0 spiro atoms. The lowest BCUT2D eigenvalue weighted by molar-refractivity contribution is 0.180. The highest BCUT2D eigenvalue weighted by Crippen LogP contribution is 2.66. The Labute approximate surface area is 166 Å². The first-order valence-corrected chi connectivity index (χ1v) is 12.7. The first-order chi connectivity index (χ1) is 13.7. The predicted molar refractivity (Wildman–Crippen MR) is 98.4 cm³/mol. The van der Waals surface area contributed by atoms with Crippen LogP contribution in [0.1, 0.15) is 12.5 Å². The second-order valence-electron chi connectivity index (χ2n) is 6.30. The third kappa shape index (κ3) is 5.06. The summed E-state index contributed by atoms with van der Waals surface area (Å²) in [6.45, 7) is 0. The number of anilines is 1. The number of imidazole rings is 1. The van der Waals surface area contributed by atoms with Crippen molar-refractivity contribution in [2.45, 2.75) is 12.5 Å². The van der Waals surface area contributed by atoms with Gasteiger partial charge in [-0.15, -0.1) is 4.73 Å². The van der Waals surface area contributed by atoms with Crippen LogP contribution in [-0.2, 0) is 22.3 Å². The Morgan fingerprint density at radius 3 is 2.47 bits per heavy atom. The highest BCUT2D eigenvalue weighted by atomic mass is 31.3. The van der Waals surface area contributed by atoms with Gasteiger partial charge in [0.25, 0.3) is 0 Å². The summed E-state index contributed by atoms with van der Waals surface area (Å²) in [4.78, 5) is 55.9. The van der Waals surface area contributed by atoms with Crippen LogP contribution in [0.25, 0.3) is 11.2 Å². The summed E-state index contributed by atoms with van der Waals surface area (Å²) < 4.78 is 43.4. The second kappa shape index (κ2) is 7.68. The monoisotopic (exact) mass is 487 g/mol. The Morgan fingerprint density at radius 1 is 1.17 bits per heavy atom. The van der Waals surface area contributed by atoms with E-state index in [1.165, 1.54) is 17.0 Å². The minimum Gasteiger partial charge on any atom is -0.422 e. The van der Waals surface area contributed by atoms with Crippen molar-refractivity contribution in [3.8, 4) is 0 Å². The van der Waals surface area contributed by atoms with Crippen molar-refractivity contribution < 1.29 is 47.1 Å². The third-order valence-electron chi connectivity index (χ3n) is 4.01. The van der Waals surface area contributed by atoms with Crippen molar-refractivity contribution in [3.63, 3.8) is 0 Å². The third-order valence-corrected chi connectivity index (χ3v) is 8.47. The van der Waals surface area contributed by atoms with Gasteiger partial charge in [0.1, 0.15) is 0 Å². The maximum atomic E-state index is 12.1. The van der Waals surface area contributed by atoms with E-state index in [1.807, 2.05) is 0 Å². The molecule has 1 aliphatic carbocycles. The summed E-state index contributed by atoms with van der Waals surface area (Å²) in [6.07, 6.45) is 3.87. The number of nitrogens with two attached hydrogens (primary N) is 1. The number of aromatic nitrogens is 4. The van der Waals surface area contributed by atoms with Gasteiger partial charge in [-0.1, -0.05) is 12.2 Å². The fraction of sp³-hybridized carbons (Fsp3) is 0.364. The van der Waals surface area contributed by atoms with Crippen molar-refractivity contribution in [1.29, 1.82) is 0 Å². The van der Waals surface area contributed by atoms with Gasteiger partial charge in [-0.05, 0) is 12.3 Å². The summed E-state index contributed by atoms with van der Waals surface area (Å²) in [7, 11) is -15.8. The highest BCUT2D eigenvalue weighted by Gasteiger charge is 2.41. The van der Waals surface area contributed by atoms with Crippen LogP contribution >= 0.6 is 23.2 Å². The van der Waals surface area contributed by atoms with E-state index in [2.05, 4.69) is 18.6 Å². The maximum Gasteiger partial charge on any atom is 0.488 e. The second-order valence-corrected chi connectivity index (χ2v) is 11.2. The number of phosphoric acid groups is 2. The molecule has 7 N–H and O–H groups in total. The number of fused-ring (bicyclic) bond motifs is 1. The smallest absolute Gasteiger partial charge is 0.422 e. The molecule has 166 valence electrons. The fourth-order valence-electron chi connectivity index (χ4n) is 2.95. The quantitative estimate of drug-likeness (QED) is 0.170. The Kier molecular flexibility index (Phi) is 5.84. The van der Waals surface area contributed by atoms with E-state index in [4.69, 9.17) is 15.5 Å². The topological polar surface area (TPSA) is 250 Å². The number of hydrogen-bond acceptors (Lipinski definition) is 10. The molecule has 0 aliphatic heterocycles. The van der Waals surface area contributed by atoms with Gasteiger partial charge in [0.2, 0.25) is 5.95 Å². The molecule has 0 fully saturated rings. The molecule has 2 unspecified atom stereocenters. The lowest BCUT2D eigenvalue weighted by atomic mass is 10.1. The van der Waals surface area contributed by atoms with Gasteiger partial charge in [0.15, 0.2) is 11.2 Å². The van der Waals surface area contributed by atoms with Gasteiger partial charge in [-0.25, -0.2) is 18.4 Å². The molecule has 0 aromatic carbocycles. The zero-order valence-corrected chi connectivity index (χ0v) is 17.4. The van der Waals surface area contributed by atoms with Gasteiger partial charge < -0.3 is 35.1 Å². The first-order valence-electron chi connectivity index (χ1n) is 7.93. The number of nitrogens with zero attached hydrogens (tertiary/aromatic N) is 4. The lowest BCUT2D eigenvalue weighted by Gasteiger charge is -2.19. The normalized spacial score (nSPS) is 23.5. The van der Waals surface area contributed by atoms with Crippen LogP contribution in [0.3, 0.4) is 0 Å². The van der Waals surface area contributed by atoms with Gasteiger partial charge in [0, 0.05) is 0 Å². The van der Waals surface area contributed by atoms with Crippen molar-refractivity contribution >= 4 is 40.4 Å². The molecule has 2 heterocycles. The van der Waals surface area contributed by atoms with Crippen molar-refractivity contribution in [2.75, 3.05) is 11.9 Å². The van der Waals surface area contributed by atoms with Crippen LogP contribution in [0.2, 0.25) is 0 Å². The zero-order chi connectivity index (χ0) is 22.5. The minimum atomic E-state index is -5.50. The number of rotatable bonds is 7. The standard InChI is InChI=1S/C11H16N5O11P3/c12-11-14-9-8(10(17)16(11)18)13-5-15(9)7-2-1-6(3-7)4-28(19,20)26-30(24,25)27-29(21,22)23/h1-2,5-7,18H,3-4H2,(H2,12,14)(H,19,20)(H,24,25)(H2,21,22,23)/t6-,7+/m0/s1. The maximum absolute atomic E-state index is 12.1. The van der Waals surface area contributed by atoms with Crippen LogP contribution in [0.15, 0.2) is 23.3 Å². The molecule has 0 saturated heterocycles. The first kappa shape index (κ1) is 22.8. The predicted octanol–water partition coefficient (Wildman–Crippen LogP) is -0.0586. The van der Waals surface area contributed by atoms with Crippen molar-refractivity contribution in [1.82, 2.24) is 19.3 Å². The van der Waals surface area contributed by atoms with E-state index in [9.17, 15) is 33.5 Å². The Bertz CT molecular complexity index is 1220. The van der Waals surface area contributed by atoms with E-state index in [0.29, 0.717) is 0 Å². The van der Waals surface area contributed by atoms with E-state index < -0.39 is 52.9 Å².